The van der Waals surface area contributed by atoms with E-state index < -0.39 is 12.0 Å². The van der Waals surface area contributed by atoms with Gasteiger partial charge in [0, 0.05) is 6.42 Å². The van der Waals surface area contributed by atoms with Crippen LogP contribution in [0.25, 0.3) is 0 Å². The van der Waals surface area contributed by atoms with Crippen LogP contribution >= 0.6 is 0 Å². The second kappa shape index (κ2) is 29.2. The zero-order chi connectivity index (χ0) is 20.9. The van der Waals surface area contributed by atoms with Crippen LogP contribution in [0.2, 0.25) is 0 Å². The minimum absolute atomic E-state index is 0. The molecule has 170 valence electrons. The summed E-state index contributed by atoms with van der Waals surface area (Å²) in [6.07, 6.45) is 21.3. The Hall–Kier alpha value is 2.17. The average Bonchev–Trinajstić information content (AvgIpc) is 2.68. The first kappa shape index (κ1) is 36.7. The van der Waals surface area contributed by atoms with E-state index >= 15 is 0 Å². The van der Waals surface area contributed by atoms with Gasteiger partial charge >= 0.3 is 115 Å². The Kier molecular flexibility index (Phi) is 35.8. The van der Waals surface area contributed by atoms with Gasteiger partial charge in [-0.15, -0.1) is 0 Å². The second-order valence-corrected chi connectivity index (χ2v) is 8.01. The quantitative estimate of drug-likeness (QED) is 0.140. The predicted octanol–water partition coefficient (Wildman–Crippen LogP) is 0.216. The predicted molar refractivity (Wildman–Crippen MR) is 118 cm³/mol. The van der Waals surface area contributed by atoms with Crippen molar-refractivity contribution in [1.29, 1.82) is 0 Å². The average molecular weight is 480 g/mol. The molecule has 0 fully saturated rings. The third kappa shape index (κ3) is 28.2. The SMILES string of the molecule is CCCCCCCCCCCCCCCCCCOC(=O)CC[C@H](N)C(=O)O.[H-].[H-].[K+].[K+]. The van der Waals surface area contributed by atoms with Crippen LogP contribution in [-0.4, -0.2) is 29.7 Å². The fourth-order valence-electron chi connectivity index (χ4n) is 3.31. The summed E-state index contributed by atoms with van der Waals surface area (Å²) in [6.45, 7) is 2.70. The Bertz CT molecular complexity index is 395. The maximum atomic E-state index is 11.5. The molecule has 1 atom stereocenters. The third-order valence-electron chi connectivity index (χ3n) is 5.24. The molecule has 7 heteroatoms. The maximum absolute atomic E-state index is 11.5. The van der Waals surface area contributed by atoms with Crippen molar-refractivity contribution in [3.8, 4) is 0 Å². The van der Waals surface area contributed by atoms with E-state index in [1.54, 1.807) is 0 Å². The van der Waals surface area contributed by atoms with E-state index in [-0.39, 0.29) is 124 Å². The van der Waals surface area contributed by atoms with Crippen molar-refractivity contribution < 1.29 is 125 Å². The fourth-order valence-corrected chi connectivity index (χ4v) is 3.31. The maximum Gasteiger partial charge on any atom is 1.00 e. The van der Waals surface area contributed by atoms with Gasteiger partial charge in [0.1, 0.15) is 6.04 Å². The number of carbonyl (C=O) groups is 2. The van der Waals surface area contributed by atoms with Gasteiger partial charge in [-0.05, 0) is 12.8 Å². The van der Waals surface area contributed by atoms with Crippen LogP contribution in [-0.2, 0) is 14.3 Å². The minimum Gasteiger partial charge on any atom is -1.00 e. The van der Waals surface area contributed by atoms with Gasteiger partial charge in [0.05, 0.1) is 6.61 Å². The summed E-state index contributed by atoms with van der Waals surface area (Å²) in [6, 6.07) is -0.983. The first-order valence-corrected chi connectivity index (χ1v) is 11.7. The first-order valence-electron chi connectivity index (χ1n) is 11.7. The molecule has 0 aliphatic heterocycles. The zero-order valence-corrected chi connectivity index (χ0v) is 26.5. The molecule has 0 aliphatic rings. The summed E-state index contributed by atoms with van der Waals surface area (Å²) < 4.78 is 5.10. The molecule has 0 rings (SSSR count). The van der Waals surface area contributed by atoms with E-state index in [9.17, 15) is 9.59 Å². The molecule has 0 saturated heterocycles. The summed E-state index contributed by atoms with van der Waals surface area (Å²) in [4.78, 5) is 22.0. The van der Waals surface area contributed by atoms with Crippen molar-refractivity contribution in [1.82, 2.24) is 0 Å². The molecule has 0 aromatic heterocycles. The van der Waals surface area contributed by atoms with Gasteiger partial charge in [0.2, 0.25) is 0 Å². The van der Waals surface area contributed by atoms with E-state index in [1.165, 1.54) is 89.9 Å². The number of rotatable bonds is 21. The topological polar surface area (TPSA) is 89.6 Å². The molecule has 0 saturated carbocycles. The molecule has 0 amide bonds. The van der Waals surface area contributed by atoms with Gasteiger partial charge in [-0.1, -0.05) is 103 Å². The molecule has 3 N–H and O–H groups in total. The largest absolute Gasteiger partial charge is 1.00 e. The Morgan fingerprint density at radius 1 is 0.767 bits per heavy atom. The fraction of sp³-hybridized carbons (Fsp3) is 0.913. The standard InChI is InChI=1S/C23H45NO4.2K.2H/c1-2-3-4-5-6-7-8-9-10-11-12-13-14-15-16-17-20-28-22(25)19-18-21(24)23(26)27;;;;/h21H,2-20,24H2,1H3,(H,26,27);;;;/q;2*+1;2*-1/t21-;;;;/m0..../s1. The number of aliphatic carboxylic acids is 1. The number of carboxylic acids is 1. The molecule has 0 spiro atoms. The van der Waals surface area contributed by atoms with E-state index in [2.05, 4.69) is 6.92 Å². The smallest absolute Gasteiger partial charge is 1.00 e. The van der Waals surface area contributed by atoms with Crippen LogP contribution in [0.5, 0.6) is 0 Å². The molecular weight excluding hydrogens is 432 g/mol. The van der Waals surface area contributed by atoms with E-state index in [0.29, 0.717) is 6.61 Å². The van der Waals surface area contributed by atoms with E-state index in [4.69, 9.17) is 15.6 Å². The normalized spacial score (nSPS) is 11.3. The van der Waals surface area contributed by atoms with E-state index in [0.717, 1.165) is 12.8 Å². The molecule has 0 heterocycles. The molecule has 0 radical (unpaired) electrons. The molecular formula is C23H47K2NO4. The van der Waals surface area contributed by atoms with Crippen LogP contribution in [0, 0.1) is 0 Å². The van der Waals surface area contributed by atoms with E-state index in [1.807, 2.05) is 0 Å². The second-order valence-electron chi connectivity index (χ2n) is 8.01. The summed E-state index contributed by atoms with van der Waals surface area (Å²) in [5, 5.41) is 8.65. The number of carbonyl (C=O) groups excluding carboxylic acids is 1. The van der Waals surface area contributed by atoms with Gasteiger partial charge in [-0.2, -0.15) is 0 Å². The Labute approximate surface area is 273 Å². The van der Waals surface area contributed by atoms with Crippen LogP contribution in [0.3, 0.4) is 0 Å². The number of ether oxygens (including phenoxy) is 1. The Balaban J connectivity index is -0.000000607. The molecule has 0 aromatic rings. The number of hydrogen-bond donors (Lipinski definition) is 2. The zero-order valence-electron chi connectivity index (χ0n) is 22.3. The van der Waals surface area contributed by atoms with Gasteiger partial charge < -0.3 is 18.4 Å². The number of nitrogens with two attached hydrogens (primary N) is 1. The first-order chi connectivity index (χ1) is 13.6. The minimum atomic E-state index is -1.08. The number of unbranched alkanes of at least 4 members (excludes halogenated alkanes) is 15. The van der Waals surface area contributed by atoms with Crippen LogP contribution in [0.1, 0.15) is 125 Å². The summed E-state index contributed by atoms with van der Waals surface area (Å²) in [7, 11) is 0. The third-order valence-corrected chi connectivity index (χ3v) is 5.24. The Morgan fingerprint density at radius 3 is 1.50 bits per heavy atom. The summed E-state index contributed by atoms with van der Waals surface area (Å²) >= 11 is 0. The van der Waals surface area contributed by atoms with Crippen molar-refractivity contribution >= 4 is 11.9 Å². The summed E-state index contributed by atoms with van der Waals surface area (Å²) in [5.41, 5.74) is 5.35. The molecule has 0 aliphatic carbocycles. The molecule has 5 nitrogen and oxygen atoms in total. The van der Waals surface area contributed by atoms with Crippen LogP contribution in [0.4, 0.5) is 0 Å². The van der Waals surface area contributed by atoms with Crippen molar-refractivity contribution in [3.05, 3.63) is 0 Å². The van der Waals surface area contributed by atoms with Crippen molar-refractivity contribution in [3.63, 3.8) is 0 Å². The van der Waals surface area contributed by atoms with Crippen molar-refractivity contribution in [2.24, 2.45) is 5.73 Å². The monoisotopic (exact) mass is 479 g/mol. The van der Waals surface area contributed by atoms with Gasteiger partial charge in [0.15, 0.2) is 0 Å². The molecule has 0 aromatic carbocycles. The number of esters is 1. The molecule has 0 bridgehead atoms. The number of hydrogen-bond acceptors (Lipinski definition) is 4. The summed E-state index contributed by atoms with van der Waals surface area (Å²) in [5.74, 6) is -1.43. The Morgan fingerprint density at radius 2 is 1.13 bits per heavy atom. The van der Waals surface area contributed by atoms with Gasteiger partial charge in [-0.25, -0.2) is 0 Å². The van der Waals surface area contributed by atoms with Crippen molar-refractivity contribution in [2.75, 3.05) is 6.61 Å². The van der Waals surface area contributed by atoms with Gasteiger partial charge in [-0.3, -0.25) is 9.59 Å². The molecule has 0 unspecified atom stereocenters. The van der Waals surface area contributed by atoms with Crippen LogP contribution in [0.15, 0.2) is 0 Å². The number of carboxylic acid groups (broad SMARTS) is 1. The van der Waals surface area contributed by atoms with Crippen molar-refractivity contribution in [2.45, 2.75) is 129 Å². The molecule has 30 heavy (non-hydrogen) atoms. The van der Waals surface area contributed by atoms with Gasteiger partial charge in [0.25, 0.3) is 0 Å². The van der Waals surface area contributed by atoms with Crippen LogP contribution < -0.4 is 109 Å².